The van der Waals surface area contributed by atoms with Crippen molar-refractivity contribution >= 4 is 21.6 Å². The van der Waals surface area contributed by atoms with E-state index in [4.69, 9.17) is 14.5 Å². The summed E-state index contributed by atoms with van der Waals surface area (Å²) in [5.74, 6) is 1.85. The zero-order valence-corrected chi connectivity index (χ0v) is 20.9. The summed E-state index contributed by atoms with van der Waals surface area (Å²) in [6.07, 6.45) is 0.454. The maximum atomic E-state index is 13.1. The number of hydrogen-bond acceptors (Lipinski definition) is 7. The first-order chi connectivity index (χ1) is 15.8. The minimum atomic E-state index is -0.603. The molecule has 8 heteroatoms. The standard InChI is InChI=1S/C25H35N3O4S/c1-16(2)10-11-28(12-18(29)14-32-17(3)4)13-22-26-24(30)23-20(15-33-25(23)27-22)19-8-6-7-9-21(19)31-5/h6-9,15-18,29H,10-14H2,1-5H3,(H,26,27,30)/t18-/m0/s1. The van der Waals surface area contributed by atoms with E-state index in [1.54, 1.807) is 7.11 Å². The van der Waals surface area contributed by atoms with Gasteiger partial charge in [0, 0.05) is 23.1 Å². The first kappa shape index (κ1) is 25.4. The molecular weight excluding hydrogens is 438 g/mol. The number of nitrogens with one attached hydrogen (secondary N) is 1. The Bertz CT molecular complexity index is 1090. The molecule has 2 N–H and O–H groups in total. The summed E-state index contributed by atoms with van der Waals surface area (Å²) in [6, 6.07) is 7.67. The molecule has 2 aromatic heterocycles. The number of methoxy groups -OCH3 is 1. The van der Waals surface area contributed by atoms with Crippen molar-refractivity contribution in [3.63, 3.8) is 0 Å². The van der Waals surface area contributed by atoms with Crippen LogP contribution in [-0.2, 0) is 11.3 Å². The third kappa shape index (κ3) is 6.86. The number of benzene rings is 1. The minimum absolute atomic E-state index is 0.0699. The average Bonchev–Trinajstić information content (AvgIpc) is 3.20. The van der Waals surface area contributed by atoms with Gasteiger partial charge in [0.25, 0.3) is 5.56 Å². The number of H-pyrrole nitrogens is 1. The van der Waals surface area contributed by atoms with Gasteiger partial charge in [-0.1, -0.05) is 32.0 Å². The molecule has 0 radical (unpaired) electrons. The molecule has 0 saturated carbocycles. The van der Waals surface area contributed by atoms with Crippen LogP contribution in [0.2, 0.25) is 0 Å². The Morgan fingerprint density at radius 2 is 1.94 bits per heavy atom. The number of aliphatic hydroxyl groups is 1. The molecule has 0 amide bonds. The fraction of sp³-hybridized carbons (Fsp3) is 0.520. The highest BCUT2D eigenvalue weighted by Crippen LogP contribution is 2.36. The predicted molar refractivity (Wildman–Crippen MR) is 134 cm³/mol. The van der Waals surface area contributed by atoms with Gasteiger partial charge in [-0.3, -0.25) is 9.69 Å². The number of nitrogens with zero attached hydrogens (tertiary/aromatic N) is 2. The van der Waals surface area contributed by atoms with Gasteiger partial charge in [-0.05, 0) is 38.8 Å². The van der Waals surface area contributed by atoms with Crippen LogP contribution in [0.4, 0.5) is 0 Å². The van der Waals surface area contributed by atoms with Gasteiger partial charge in [-0.2, -0.15) is 0 Å². The van der Waals surface area contributed by atoms with Crippen LogP contribution in [0.5, 0.6) is 5.75 Å². The van der Waals surface area contributed by atoms with E-state index in [0.29, 0.717) is 35.0 Å². The van der Waals surface area contributed by atoms with Crippen molar-refractivity contribution in [1.29, 1.82) is 0 Å². The Hall–Kier alpha value is -2.26. The van der Waals surface area contributed by atoms with Gasteiger partial charge in [0.2, 0.25) is 0 Å². The minimum Gasteiger partial charge on any atom is -0.496 e. The molecule has 33 heavy (non-hydrogen) atoms. The van der Waals surface area contributed by atoms with Gasteiger partial charge in [0.15, 0.2) is 0 Å². The summed E-state index contributed by atoms with van der Waals surface area (Å²) >= 11 is 1.45. The quantitative estimate of drug-likeness (QED) is 0.408. The molecular formula is C25H35N3O4S. The van der Waals surface area contributed by atoms with E-state index in [9.17, 15) is 9.90 Å². The van der Waals surface area contributed by atoms with E-state index in [1.165, 1.54) is 11.3 Å². The highest BCUT2D eigenvalue weighted by Gasteiger charge is 2.18. The van der Waals surface area contributed by atoms with Crippen LogP contribution in [-0.4, -0.2) is 59.0 Å². The zero-order valence-electron chi connectivity index (χ0n) is 20.1. The van der Waals surface area contributed by atoms with Crippen molar-refractivity contribution in [2.75, 3.05) is 26.8 Å². The van der Waals surface area contributed by atoms with Gasteiger partial charge in [-0.25, -0.2) is 4.98 Å². The van der Waals surface area contributed by atoms with Crippen LogP contribution in [0.15, 0.2) is 34.4 Å². The number of fused-ring (bicyclic) bond motifs is 1. The molecule has 0 saturated heterocycles. The predicted octanol–water partition coefficient (Wildman–Crippen LogP) is 4.29. The van der Waals surface area contributed by atoms with E-state index < -0.39 is 6.10 Å². The van der Waals surface area contributed by atoms with E-state index in [0.717, 1.165) is 29.8 Å². The second kappa shape index (κ2) is 11.7. The molecule has 2 heterocycles. The fourth-order valence-corrected chi connectivity index (χ4v) is 4.63. The van der Waals surface area contributed by atoms with Crippen LogP contribution in [0, 0.1) is 5.92 Å². The lowest BCUT2D eigenvalue weighted by Gasteiger charge is -2.25. The Kier molecular flexibility index (Phi) is 9.02. The van der Waals surface area contributed by atoms with E-state index in [1.807, 2.05) is 43.5 Å². The lowest BCUT2D eigenvalue weighted by Crippen LogP contribution is -2.37. The molecule has 0 aliphatic heterocycles. The second-order valence-corrected chi connectivity index (χ2v) is 9.85. The van der Waals surface area contributed by atoms with Crippen molar-refractivity contribution < 1.29 is 14.6 Å². The number of aromatic nitrogens is 2. The molecule has 0 aliphatic rings. The number of ether oxygens (including phenoxy) is 2. The third-order valence-electron chi connectivity index (χ3n) is 5.38. The Morgan fingerprint density at radius 3 is 2.64 bits per heavy atom. The summed E-state index contributed by atoms with van der Waals surface area (Å²) in [5.41, 5.74) is 1.54. The van der Waals surface area contributed by atoms with Crippen LogP contribution in [0.25, 0.3) is 21.3 Å². The number of thiophene rings is 1. The first-order valence-corrected chi connectivity index (χ1v) is 12.3. The molecule has 3 rings (SSSR count). The van der Waals surface area contributed by atoms with Gasteiger partial charge in [0.05, 0.1) is 37.9 Å². The fourth-order valence-electron chi connectivity index (χ4n) is 3.68. The largest absolute Gasteiger partial charge is 0.496 e. The molecule has 180 valence electrons. The van der Waals surface area contributed by atoms with Gasteiger partial charge < -0.3 is 19.6 Å². The molecule has 0 spiro atoms. The SMILES string of the molecule is COc1ccccc1-c1csc2nc(CN(CCC(C)C)C[C@H](O)COC(C)C)[nH]c(=O)c12. The van der Waals surface area contributed by atoms with Crippen molar-refractivity contribution in [2.24, 2.45) is 5.92 Å². The summed E-state index contributed by atoms with van der Waals surface area (Å²) in [5, 5.41) is 13.0. The average molecular weight is 474 g/mol. The summed E-state index contributed by atoms with van der Waals surface area (Å²) in [4.78, 5) is 23.6. The Balaban J connectivity index is 1.85. The first-order valence-electron chi connectivity index (χ1n) is 11.4. The summed E-state index contributed by atoms with van der Waals surface area (Å²) in [7, 11) is 1.63. The molecule has 1 atom stereocenters. The monoisotopic (exact) mass is 473 g/mol. The maximum absolute atomic E-state index is 13.1. The maximum Gasteiger partial charge on any atom is 0.260 e. The smallest absolute Gasteiger partial charge is 0.260 e. The summed E-state index contributed by atoms with van der Waals surface area (Å²) < 4.78 is 11.0. The Morgan fingerprint density at radius 1 is 1.18 bits per heavy atom. The molecule has 0 fully saturated rings. The number of para-hydroxylation sites is 1. The lowest BCUT2D eigenvalue weighted by molar-refractivity contribution is -0.0103. The van der Waals surface area contributed by atoms with Crippen LogP contribution in [0.1, 0.15) is 39.9 Å². The lowest BCUT2D eigenvalue weighted by atomic mass is 10.1. The molecule has 0 unspecified atom stereocenters. The molecule has 3 aromatic rings. The van der Waals surface area contributed by atoms with E-state index in [2.05, 4.69) is 23.7 Å². The van der Waals surface area contributed by atoms with Gasteiger partial charge >= 0.3 is 0 Å². The number of aliphatic hydroxyl groups excluding tert-OH is 1. The molecule has 1 aromatic carbocycles. The van der Waals surface area contributed by atoms with Gasteiger partial charge in [0.1, 0.15) is 16.4 Å². The molecule has 0 aliphatic carbocycles. The van der Waals surface area contributed by atoms with Gasteiger partial charge in [-0.15, -0.1) is 11.3 Å². The summed E-state index contributed by atoms with van der Waals surface area (Å²) in [6.45, 7) is 10.2. The molecule has 7 nitrogen and oxygen atoms in total. The normalized spacial score (nSPS) is 12.9. The highest BCUT2D eigenvalue weighted by molar-refractivity contribution is 7.17. The van der Waals surface area contributed by atoms with Crippen LogP contribution >= 0.6 is 11.3 Å². The third-order valence-corrected chi connectivity index (χ3v) is 6.25. The van der Waals surface area contributed by atoms with E-state index in [-0.39, 0.29) is 18.3 Å². The second-order valence-electron chi connectivity index (χ2n) is 9.00. The number of rotatable bonds is 12. The van der Waals surface area contributed by atoms with Crippen molar-refractivity contribution in [3.8, 4) is 16.9 Å². The van der Waals surface area contributed by atoms with E-state index >= 15 is 0 Å². The molecule has 0 bridgehead atoms. The number of hydrogen-bond donors (Lipinski definition) is 2. The zero-order chi connectivity index (χ0) is 24.0. The highest BCUT2D eigenvalue weighted by atomic mass is 32.1. The van der Waals surface area contributed by atoms with Crippen molar-refractivity contribution in [3.05, 3.63) is 45.8 Å². The number of aromatic amines is 1. The Labute approximate surface area is 199 Å². The topological polar surface area (TPSA) is 87.7 Å². The van der Waals surface area contributed by atoms with Crippen LogP contribution < -0.4 is 10.3 Å². The van der Waals surface area contributed by atoms with Crippen LogP contribution in [0.3, 0.4) is 0 Å². The van der Waals surface area contributed by atoms with Crippen molar-refractivity contribution in [2.45, 2.75) is 52.9 Å². The van der Waals surface area contributed by atoms with Crippen molar-refractivity contribution in [1.82, 2.24) is 14.9 Å².